The number of piperidine rings is 1. The van der Waals surface area contributed by atoms with Gasteiger partial charge >= 0.3 is 5.97 Å². The van der Waals surface area contributed by atoms with Gasteiger partial charge in [-0.1, -0.05) is 12.1 Å². The summed E-state index contributed by atoms with van der Waals surface area (Å²) in [5.41, 5.74) is 3.37. The molecule has 1 fully saturated rings. The highest BCUT2D eigenvalue weighted by atomic mass is 19.1. The van der Waals surface area contributed by atoms with Crippen molar-refractivity contribution in [3.05, 3.63) is 64.5 Å². The second-order valence-electron chi connectivity index (χ2n) is 7.17. The van der Waals surface area contributed by atoms with Gasteiger partial charge in [-0.15, -0.1) is 0 Å². The zero-order chi connectivity index (χ0) is 19.6. The number of hydrogen-bond donors (Lipinski definition) is 0. The lowest BCUT2D eigenvalue weighted by Crippen LogP contribution is -2.43. The molecule has 0 spiro atoms. The standard InChI is InChI=1S/C22H24FNO3/c1-14-6-7-15(2)20(16(14)3)27-22(26)18-5-4-12-24(13-18)21(25)17-8-10-19(23)11-9-17/h6-11,18H,4-5,12-13H2,1-3H3. The van der Waals surface area contributed by atoms with Crippen molar-refractivity contribution in [2.75, 3.05) is 13.1 Å². The summed E-state index contributed by atoms with van der Waals surface area (Å²) in [4.78, 5) is 27.0. The molecule has 0 bridgehead atoms. The molecule has 0 N–H and O–H groups in total. The quantitative estimate of drug-likeness (QED) is 0.601. The number of rotatable bonds is 3. The highest BCUT2D eigenvalue weighted by Crippen LogP contribution is 2.28. The number of carbonyl (C=O) groups excluding carboxylic acids is 2. The molecule has 3 rings (SSSR count). The number of amides is 1. The molecule has 0 saturated carbocycles. The summed E-state index contributed by atoms with van der Waals surface area (Å²) in [7, 11) is 0. The highest BCUT2D eigenvalue weighted by Gasteiger charge is 2.30. The van der Waals surface area contributed by atoms with E-state index in [9.17, 15) is 14.0 Å². The average Bonchev–Trinajstić information content (AvgIpc) is 2.68. The van der Waals surface area contributed by atoms with Gasteiger partial charge in [-0.25, -0.2) is 4.39 Å². The maximum Gasteiger partial charge on any atom is 0.316 e. The second-order valence-corrected chi connectivity index (χ2v) is 7.17. The molecule has 0 aliphatic carbocycles. The van der Waals surface area contributed by atoms with Gasteiger partial charge in [-0.2, -0.15) is 0 Å². The van der Waals surface area contributed by atoms with Crippen LogP contribution in [0, 0.1) is 32.5 Å². The van der Waals surface area contributed by atoms with Gasteiger partial charge in [0.2, 0.25) is 0 Å². The summed E-state index contributed by atoms with van der Waals surface area (Å²) in [6.07, 6.45) is 1.43. The molecule has 1 unspecified atom stereocenters. The number of esters is 1. The molecule has 1 amide bonds. The molecule has 2 aromatic carbocycles. The van der Waals surface area contributed by atoms with Crippen LogP contribution in [0.4, 0.5) is 4.39 Å². The molecular formula is C22H24FNO3. The van der Waals surface area contributed by atoms with Crippen LogP contribution in [-0.4, -0.2) is 29.9 Å². The number of nitrogens with zero attached hydrogens (tertiary/aromatic N) is 1. The molecule has 1 aliphatic heterocycles. The first kappa shape index (κ1) is 19.1. The van der Waals surface area contributed by atoms with E-state index in [-0.39, 0.29) is 23.6 Å². The van der Waals surface area contributed by atoms with Crippen LogP contribution < -0.4 is 4.74 Å². The SMILES string of the molecule is Cc1ccc(C)c(OC(=O)C2CCCN(C(=O)c3ccc(F)cc3)C2)c1C. The van der Waals surface area contributed by atoms with Gasteiger partial charge in [0.15, 0.2) is 0 Å². The van der Waals surface area contributed by atoms with Crippen LogP contribution in [0.3, 0.4) is 0 Å². The first-order chi connectivity index (χ1) is 12.9. The summed E-state index contributed by atoms with van der Waals surface area (Å²) < 4.78 is 18.8. The fraction of sp³-hybridized carbons (Fsp3) is 0.364. The monoisotopic (exact) mass is 369 g/mol. The molecule has 1 atom stereocenters. The number of ether oxygens (including phenoxy) is 1. The Morgan fingerprint density at radius 2 is 1.70 bits per heavy atom. The third-order valence-electron chi connectivity index (χ3n) is 5.21. The lowest BCUT2D eigenvalue weighted by molar-refractivity contribution is -0.140. The molecule has 27 heavy (non-hydrogen) atoms. The fourth-order valence-electron chi connectivity index (χ4n) is 3.40. The first-order valence-electron chi connectivity index (χ1n) is 9.20. The van der Waals surface area contributed by atoms with Crippen LogP contribution in [-0.2, 0) is 4.79 Å². The highest BCUT2D eigenvalue weighted by molar-refractivity contribution is 5.94. The predicted octanol–water partition coefficient (Wildman–Crippen LogP) is 4.21. The van der Waals surface area contributed by atoms with E-state index in [0.29, 0.717) is 30.8 Å². The molecular weight excluding hydrogens is 345 g/mol. The predicted molar refractivity (Wildman–Crippen MR) is 101 cm³/mol. The number of aryl methyl sites for hydroxylation is 2. The van der Waals surface area contributed by atoms with Crippen molar-refractivity contribution in [1.82, 2.24) is 4.90 Å². The minimum absolute atomic E-state index is 0.185. The van der Waals surface area contributed by atoms with Gasteiger partial charge in [0.25, 0.3) is 5.91 Å². The van der Waals surface area contributed by atoms with Crippen LogP contribution in [0.2, 0.25) is 0 Å². The van der Waals surface area contributed by atoms with Crippen molar-refractivity contribution < 1.29 is 18.7 Å². The van der Waals surface area contributed by atoms with Crippen LogP contribution in [0.15, 0.2) is 36.4 Å². The Bertz CT molecular complexity index is 861. The number of benzene rings is 2. The van der Waals surface area contributed by atoms with Crippen molar-refractivity contribution in [2.45, 2.75) is 33.6 Å². The molecule has 5 heteroatoms. The van der Waals surface area contributed by atoms with Crippen molar-refractivity contribution in [1.29, 1.82) is 0 Å². The number of hydrogen-bond acceptors (Lipinski definition) is 3. The first-order valence-corrected chi connectivity index (χ1v) is 9.20. The summed E-state index contributed by atoms with van der Waals surface area (Å²) in [5, 5.41) is 0. The minimum Gasteiger partial charge on any atom is -0.426 e. The number of halogens is 1. The number of carbonyl (C=O) groups is 2. The van der Waals surface area contributed by atoms with Crippen LogP contribution in [0.1, 0.15) is 39.9 Å². The normalized spacial score (nSPS) is 16.9. The summed E-state index contributed by atoms with van der Waals surface area (Å²) in [5.74, 6) is -0.612. The van der Waals surface area contributed by atoms with Crippen molar-refractivity contribution >= 4 is 11.9 Å². The molecule has 142 valence electrons. The van der Waals surface area contributed by atoms with Crippen molar-refractivity contribution in [3.8, 4) is 5.75 Å². The van der Waals surface area contributed by atoms with Gasteiger partial charge < -0.3 is 9.64 Å². The Balaban J connectivity index is 1.71. The van der Waals surface area contributed by atoms with E-state index in [1.165, 1.54) is 24.3 Å². The Labute approximate surface area is 158 Å². The Morgan fingerprint density at radius 3 is 2.41 bits per heavy atom. The van der Waals surface area contributed by atoms with E-state index in [0.717, 1.165) is 23.1 Å². The summed E-state index contributed by atoms with van der Waals surface area (Å²) >= 11 is 0. The average molecular weight is 369 g/mol. The van der Waals surface area contributed by atoms with Crippen molar-refractivity contribution in [2.24, 2.45) is 5.92 Å². The van der Waals surface area contributed by atoms with E-state index in [1.807, 2.05) is 32.9 Å². The van der Waals surface area contributed by atoms with Gasteiger partial charge in [-0.05, 0) is 74.6 Å². The van der Waals surface area contributed by atoms with Gasteiger partial charge in [0, 0.05) is 18.7 Å². The van der Waals surface area contributed by atoms with Gasteiger partial charge in [0.1, 0.15) is 11.6 Å². The Morgan fingerprint density at radius 1 is 1.04 bits per heavy atom. The zero-order valence-electron chi connectivity index (χ0n) is 15.9. The molecule has 1 aliphatic rings. The van der Waals surface area contributed by atoms with Crippen molar-refractivity contribution in [3.63, 3.8) is 0 Å². The lowest BCUT2D eigenvalue weighted by atomic mass is 9.97. The van der Waals surface area contributed by atoms with Crippen LogP contribution >= 0.6 is 0 Å². The van der Waals surface area contributed by atoms with E-state index in [2.05, 4.69) is 0 Å². The molecule has 0 aromatic heterocycles. The minimum atomic E-state index is -0.379. The fourth-order valence-corrected chi connectivity index (χ4v) is 3.40. The van der Waals surface area contributed by atoms with E-state index >= 15 is 0 Å². The Kier molecular flexibility index (Phi) is 5.59. The molecule has 1 saturated heterocycles. The summed E-state index contributed by atoms with van der Waals surface area (Å²) in [6.45, 7) is 6.74. The van der Waals surface area contributed by atoms with E-state index in [1.54, 1.807) is 4.90 Å². The van der Waals surface area contributed by atoms with Gasteiger partial charge in [-0.3, -0.25) is 9.59 Å². The topological polar surface area (TPSA) is 46.6 Å². The largest absolute Gasteiger partial charge is 0.426 e. The molecule has 4 nitrogen and oxygen atoms in total. The Hall–Kier alpha value is -2.69. The second kappa shape index (κ2) is 7.91. The molecule has 2 aromatic rings. The van der Waals surface area contributed by atoms with Gasteiger partial charge in [0.05, 0.1) is 5.92 Å². The lowest BCUT2D eigenvalue weighted by Gasteiger charge is -2.31. The number of likely N-dealkylation sites (tertiary alicyclic amines) is 1. The van der Waals surface area contributed by atoms with E-state index < -0.39 is 0 Å². The third kappa shape index (κ3) is 4.18. The van der Waals surface area contributed by atoms with E-state index in [4.69, 9.17) is 4.74 Å². The molecule has 1 heterocycles. The maximum atomic E-state index is 13.1. The smallest absolute Gasteiger partial charge is 0.316 e. The maximum absolute atomic E-state index is 13.1. The van der Waals surface area contributed by atoms with Crippen LogP contribution in [0.5, 0.6) is 5.75 Å². The zero-order valence-corrected chi connectivity index (χ0v) is 15.9. The third-order valence-corrected chi connectivity index (χ3v) is 5.21. The summed E-state index contributed by atoms with van der Waals surface area (Å²) in [6, 6.07) is 9.43. The molecule has 0 radical (unpaired) electrons. The van der Waals surface area contributed by atoms with Crippen LogP contribution in [0.25, 0.3) is 0 Å².